The van der Waals surface area contributed by atoms with Crippen LogP contribution in [0.1, 0.15) is 11.1 Å². The maximum absolute atomic E-state index is 12.8. The van der Waals surface area contributed by atoms with Crippen LogP contribution in [0.2, 0.25) is 5.02 Å². The van der Waals surface area contributed by atoms with Gasteiger partial charge in [-0.15, -0.1) is 0 Å². The summed E-state index contributed by atoms with van der Waals surface area (Å²) in [7, 11) is 0. The highest BCUT2D eigenvalue weighted by Gasteiger charge is 2.34. The number of para-hydroxylation sites is 1. The van der Waals surface area contributed by atoms with Gasteiger partial charge in [0.25, 0.3) is 0 Å². The summed E-state index contributed by atoms with van der Waals surface area (Å²) in [5, 5.41) is 4.39. The first-order chi connectivity index (χ1) is 16.1. The number of halogens is 1. The molecule has 1 aliphatic heterocycles. The molecule has 33 heavy (non-hydrogen) atoms. The third-order valence-electron chi connectivity index (χ3n) is 5.81. The summed E-state index contributed by atoms with van der Waals surface area (Å²) in [6, 6.07) is 22.1. The predicted molar refractivity (Wildman–Crippen MR) is 127 cm³/mol. The van der Waals surface area contributed by atoms with Crippen molar-refractivity contribution in [1.29, 1.82) is 0 Å². The highest BCUT2D eigenvalue weighted by molar-refractivity contribution is 6.30. The van der Waals surface area contributed by atoms with Crippen LogP contribution in [-0.4, -0.2) is 34.3 Å². The lowest BCUT2D eigenvalue weighted by Crippen LogP contribution is -2.58. The van der Waals surface area contributed by atoms with Gasteiger partial charge in [-0.1, -0.05) is 48.0 Å². The van der Waals surface area contributed by atoms with Crippen molar-refractivity contribution in [3.05, 3.63) is 95.1 Å². The Morgan fingerprint density at radius 3 is 2.61 bits per heavy atom. The lowest BCUT2D eigenvalue weighted by Gasteiger charge is -2.35. The van der Waals surface area contributed by atoms with Crippen molar-refractivity contribution in [3.63, 3.8) is 0 Å². The van der Waals surface area contributed by atoms with Crippen molar-refractivity contribution in [2.24, 2.45) is 0 Å². The SMILES string of the molecule is O=C1NCC(=O)N(Cc2ccc(Oc3cccc(Cl)c3)cc2)[C@@H]1Cc1c[nH]c2ccccc12. The number of benzene rings is 3. The number of nitrogens with zero attached hydrogens (tertiary/aromatic N) is 1. The molecular weight excluding hydrogens is 438 g/mol. The number of ether oxygens (including phenoxy) is 1. The minimum Gasteiger partial charge on any atom is -0.457 e. The van der Waals surface area contributed by atoms with Gasteiger partial charge in [-0.3, -0.25) is 9.59 Å². The molecule has 3 aromatic carbocycles. The van der Waals surface area contributed by atoms with Gasteiger partial charge in [0.1, 0.15) is 17.5 Å². The number of aromatic nitrogens is 1. The molecule has 1 saturated heterocycles. The highest BCUT2D eigenvalue weighted by atomic mass is 35.5. The van der Waals surface area contributed by atoms with Crippen molar-refractivity contribution >= 4 is 34.3 Å². The van der Waals surface area contributed by atoms with E-state index in [1.165, 1.54) is 0 Å². The van der Waals surface area contributed by atoms with Crippen LogP contribution in [0.3, 0.4) is 0 Å². The van der Waals surface area contributed by atoms with Gasteiger partial charge in [-0.05, 0) is 47.5 Å². The van der Waals surface area contributed by atoms with Crippen molar-refractivity contribution in [2.75, 3.05) is 6.54 Å². The van der Waals surface area contributed by atoms with Gasteiger partial charge in [-0.25, -0.2) is 0 Å². The average Bonchev–Trinajstić information content (AvgIpc) is 3.23. The molecule has 7 heteroatoms. The minimum atomic E-state index is -0.576. The summed E-state index contributed by atoms with van der Waals surface area (Å²) in [6.07, 6.45) is 2.36. The van der Waals surface area contributed by atoms with Gasteiger partial charge in [0.05, 0.1) is 6.54 Å². The third kappa shape index (κ3) is 4.56. The second kappa shape index (κ2) is 9.00. The molecule has 0 bridgehead atoms. The normalized spacial score (nSPS) is 16.2. The first kappa shape index (κ1) is 21.1. The monoisotopic (exact) mass is 459 g/mol. The van der Waals surface area contributed by atoms with Crippen LogP contribution in [0.4, 0.5) is 0 Å². The Balaban J connectivity index is 1.33. The Labute approximate surface area is 196 Å². The first-order valence-corrected chi connectivity index (χ1v) is 11.1. The van der Waals surface area contributed by atoms with E-state index < -0.39 is 6.04 Å². The molecule has 0 saturated carbocycles. The molecule has 1 fully saturated rings. The fourth-order valence-electron chi connectivity index (χ4n) is 4.13. The van der Waals surface area contributed by atoms with Crippen molar-refractivity contribution in [2.45, 2.75) is 19.0 Å². The number of nitrogens with one attached hydrogen (secondary N) is 2. The smallest absolute Gasteiger partial charge is 0.243 e. The summed E-state index contributed by atoms with van der Waals surface area (Å²) < 4.78 is 5.84. The molecule has 5 rings (SSSR count). The molecule has 2 heterocycles. The Hall–Kier alpha value is -3.77. The van der Waals surface area contributed by atoms with E-state index in [1.54, 1.807) is 17.0 Å². The van der Waals surface area contributed by atoms with Crippen LogP contribution < -0.4 is 10.1 Å². The lowest BCUT2D eigenvalue weighted by molar-refractivity contribution is -0.146. The fraction of sp³-hybridized carbons (Fsp3) is 0.154. The first-order valence-electron chi connectivity index (χ1n) is 10.7. The topological polar surface area (TPSA) is 74.4 Å². The van der Waals surface area contributed by atoms with E-state index in [-0.39, 0.29) is 18.4 Å². The van der Waals surface area contributed by atoms with E-state index in [0.717, 1.165) is 22.0 Å². The number of carbonyl (C=O) groups excluding carboxylic acids is 2. The molecule has 1 aliphatic rings. The number of hydrogen-bond acceptors (Lipinski definition) is 3. The van der Waals surface area contributed by atoms with E-state index in [9.17, 15) is 9.59 Å². The number of aromatic amines is 1. The molecule has 0 unspecified atom stereocenters. The number of H-pyrrole nitrogens is 1. The van der Waals surface area contributed by atoms with E-state index in [4.69, 9.17) is 16.3 Å². The van der Waals surface area contributed by atoms with Crippen molar-refractivity contribution in [3.8, 4) is 11.5 Å². The lowest BCUT2D eigenvalue weighted by atomic mass is 10.0. The minimum absolute atomic E-state index is 0.0131. The average molecular weight is 460 g/mol. The molecule has 1 aromatic heterocycles. The second-order valence-corrected chi connectivity index (χ2v) is 8.46. The molecule has 2 amide bonds. The number of hydrogen-bond donors (Lipinski definition) is 2. The van der Waals surface area contributed by atoms with E-state index in [0.29, 0.717) is 29.5 Å². The van der Waals surface area contributed by atoms with Crippen LogP contribution in [0, 0.1) is 0 Å². The molecular formula is C26H22ClN3O3. The molecule has 0 radical (unpaired) electrons. The van der Waals surface area contributed by atoms with Crippen molar-refractivity contribution < 1.29 is 14.3 Å². The van der Waals surface area contributed by atoms with Gasteiger partial charge in [0, 0.05) is 35.1 Å². The van der Waals surface area contributed by atoms with Crippen LogP contribution in [0.25, 0.3) is 10.9 Å². The van der Waals surface area contributed by atoms with Crippen LogP contribution in [0.5, 0.6) is 11.5 Å². The Morgan fingerprint density at radius 2 is 1.79 bits per heavy atom. The number of fused-ring (bicyclic) bond motifs is 1. The summed E-state index contributed by atoms with van der Waals surface area (Å²) in [5.74, 6) is 1.08. The molecule has 166 valence electrons. The Morgan fingerprint density at radius 1 is 0.970 bits per heavy atom. The van der Waals surface area contributed by atoms with E-state index in [2.05, 4.69) is 10.3 Å². The van der Waals surface area contributed by atoms with E-state index in [1.807, 2.05) is 66.9 Å². The predicted octanol–water partition coefficient (Wildman–Crippen LogP) is 4.68. The summed E-state index contributed by atoms with van der Waals surface area (Å²) in [6.45, 7) is 0.357. The van der Waals surface area contributed by atoms with Gasteiger partial charge in [0.15, 0.2) is 0 Å². The van der Waals surface area contributed by atoms with Crippen LogP contribution in [-0.2, 0) is 22.6 Å². The Kier molecular flexibility index (Phi) is 5.75. The zero-order valence-electron chi connectivity index (χ0n) is 17.8. The zero-order chi connectivity index (χ0) is 22.8. The van der Waals surface area contributed by atoms with E-state index >= 15 is 0 Å². The maximum Gasteiger partial charge on any atom is 0.243 e. The fourth-order valence-corrected chi connectivity index (χ4v) is 4.31. The molecule has 6 nitrogen and oxygen atoms in total. The number of amides is 2. The summed E-state index contributed by atoms with van der Waals surface area (Å²) in [5.41, 5.74) is 2.94. The van der Waals surface area contributed by atoms with Gasteiger partial charge >= 0.3 is 0 Å². The molecule has 0 spiro atoms. The van der Waals surface area contributed by atoms with Gasteiger partial charge in [0.2, 0.25) is 11.8 Å². The van der Waals surface area contributed by atoms with Crippen molar-refractivity contribution in [1.82, 2.24) is 15.2 Å². The largest absolute Gasteiger partial charge is 0.457 e. The Bertz CT molecular complexity index is 1320. The standard InChI is InChI=1S/C26H22ClN3O3/c27-19-4-3-5-21(13-19)33-20-10-8-17(9-11-20)16-30-24(26(32)29-15-25(30)31)12-18-14-28-23-7-2-1-6-22(18)23/h1-11,13-14,24,28H,12,15-16H2,(H,29,32)/t24-/m1/s1. The number of piperazine rings is 1. The molecule has 0 aliphatic carbocycles. The quantitative estimate of drug-likeness (QED) is 0.439. The molecule has 4 aromatic rings. The zero-order valence-corrected chi connectivity index (χ0v) is 18.5. The second-order valence-electron chi connectivity index (χ2n) is 8.02. The third-order valence-corrected chi connectivity index (χ3v) is 6.04. The van der Waals surface area contributed by atoms with Crippen LogP contribution >= 0.6 is 11.6 Å². The maximum atomic E-state index is 12.8. The highest BCUT2D eigenvalue weighted by Crippen LogP contribution is 2.26. The van der Waals surface area contributed by atoms with Gasteiger partial charge in [-0.2, -0.15) is 0 Å². The molecule has 1 atom stereocenters. The van der Waals surface area contributed by atoms with Crippen LogP contribution in [0.15, 0.2) is 79.0 Å². The summed E-state index contributed by atoms with van der Waals surface area (Å²) in [4.78, 5) is 30.4. The van der Waals surface area contributed by atoms with Gasteiger partial charge < -0.3 is 19.9 Å². The molecule has 2 N–H and O–H groups in total. The summed E-state index contributed by atoms with van der Waals surface area (Å²) >= 11 is 6.01. The number of carbonyl (C=O) groups is 2. The number of rotatable bonds is 6.